The van der Waals surface area contributed by atoms with Crippen molar-refractivity contribution >= 4 is 29.9 Å². The summed E-state index contributed by atoms with van der Waals surface area (Å²) in [6.45, 7) is 3.79. The van der Waals surface area contributed by atoms with E-state index in [2.05, 4.69) is 34.5 Å². The molecule has 0 amide bonds. The van der Waals surface area contributed by atoms with Crippen LogP contribution in [-0.4, -0.2) is 57.8 Å². The summed E-state index contributed by atoms with van der Waals surface area (Å²) in [4.78, 5) is 6.73. The molecule has 0 radical (unpaired) electrons. The molecule has 0 aliphatic heterocycles. The maximum Gasteiger partial charge on any atom is 0.191 e. The molecule has 142 valence electrons. The van der Waals surface area contributed by atoms with Crippen LogP contribution in [-0.2, 0) is 6.54 Å². The van der Waals surface area contributed by atoms with E-state index in [0.29, 0.717) is 12.6 Å². The van der Waals surface area contributed by atoms with Gasteiger partial charge in [-0.25, -0.2) is 0 Å². The van der Waals surface area contributed by atoms with Crippen LogP contribution >= 0.6 is 24.0 Å². The maximum atomic E-state index is 5.34. The summed E-state index contributed by atoms with van der Waals surface area (Å²) in [6.07, 6.45) is 2.65. The van der Waals surface area contributed by atoms with Gasteiger partial charge >= 0.3 is 0 Å². The van der Waals surface area contributed by atoms with Crippen molar-refractivity contribution < 1.29 is 9.47 Å². The van der Waals surface area contributed by atoms with Crippen LogP contribution in [0.15, 0.2) is 23.2 Å². The van der Waals surface area contributed by atoms with Crippen molar-refractivity contribution in [1.29, 1.82) is 0 Å². The highest BCUT2D eigenvalue weighted by Gasteiger charge is 2.28. The first kappa shape index (κ1) is 21.8. The minimum Gasteiger partial charge on any atom is -0.493 e. The molecule has 25 heavy (non-hydrogen) atoms. The van der Waals surface area contributed by atoms with E-state index in [9.17, 15) is 0 Å². The van der Waals surface area contributed by atoms with Crippen molar-refractivity contribution in [3.05, 3.63) is 23.8 Å². The predicted molar refractivity (Wildman–Crippen MR) is 113 cm³/mol. The molecule has 0 spiro atoms. The number of hydrogen-bond acceptors (Lipinski definition) is 4. The molecule has 6 nitrogen and oxygen atoms in total. The van der Waals surface area contributed by atoms with Crippen molar-refractivity contribution in [2.75, 3.05) is 34.9 Å². The number of nitrogens with zero attached hydrogens (tertiary/aromatic N) is 2. The number of ether oxygens (including phenoxy) is 2. The van der Waals surface area contributed by atoms with Gasteiger partial charge in [0, 0.05) is 32.2 Å². The summed E-state index contributed by atoms with van der Waals surface area (Å²) in [7, 11) is 7.28. The van der Waals surface area contributed by atoms with Crippen LogP contribution in [0.3, 0.4) is 0 Å². The lowest BCUT2D eigenvalue weighted by atomic mass is 10.2. The number of likely N-dealkylation sites (N-methyl/N-ethyl adjacent to an activating group) is 1. The van der Waals surface area contributed by atoms with Gasteiger partial charge in [0.2, 0.25) is 0 Å². The highest BCUT2D eigenvalue weighted by atomic mass is 127. The fraction of sp³-hybridized carbons (Fsp3) is 0.611. The first-order valence-corrected chi connectivity index (χ1v) is 8.46. The van der Waals surface area contributed by atoms with Gasteiger partial charge in [-0.05, 0) is 44.5 Å². The van der Waals surface area contributed by atoms with Crippen LogP contribution in [0.25, 0.3) is 0 Å². The number of rotatable bonds is 8. The zero-order valence-electron chi connectivity index (χ0n) is 15.8. The third-order valence-corrected chi connectivity index (χ3v) is 4.51. The molecule has 1 aromatic rings. The van der Waals surface area contributed by atoms with Crippen LogP contribution in [0.2, 0.25) is 0 Å². The molecule has 0 aromatic heterocycles. The van der Waals surface area contributed by atoms with E-state index in [1.807, 2.05) is 18.2 Å². The second kappa shape index (κ2) is 10.7. The summed E-state index contributed by atoms with van der Waals surface area (Å²) in [5.74, 6) is 2.28. The highest BCUT2D eigenvalue weighted by Crippen LogP contribution is 2.27. The first-order valence-electron chi connectivity index (χ1n) is 8.46. The Hall–Kier alpha value is -1.22. The van der Waals surface area contributed by atoms with Gasteiger partial charge in [0.05, 0.1) is 14.2 Å². The van der Waals surface area contributed by atoms with Crippen LogP contribution in [0.4, 0.5) is 0 Å². The molecule has 1 atom stereocenters. The van der Waals surface area contributed by atoms with E-state index >= 15 is 0 Å². The smallest absolute Gasteiger partial charge is 0.191 e. The number of benzene rings is 1. The average Bonchev–Trinajstić information content (AvgIpc) is 3.45. The lowest BCUT2D eigenvalue weighted by Crippen LogP contribution is -2.45. The third kappa shape index (κ3) is 6.54. The van der Waals surface area contributed by atoms with Gasteiger partial charge < -0.3 is 20.1 Å². The molecule has 7 heteroatoms. The van der Waals surface area contributed by atoms with E-state index in [0.717, 1.165) is 35.6 Å². The molecular weight excluding hydrogens is 431 g/mol. The van der Waals surface area contributed by atoms with Gasteiger partial charge in [-0.15, -0.1) is 24.0 Å². The fourth-order valence-electron chi connectivity index (χ4n) is 2.63. The SMILES string of the molecule is CN=C(NCc1ccc(OC)c(OC)c1)NCC(C)N(C)C1CC1.I. The Morgan fingerprint density at radius 3 is 2.48 bits per heavy atom. The fourth-order valence-corrected chi connectivity index (χ4v) is 2.63. The summed E-state index contributed by atoms with van der Waals surface area (Å²) >= 11 is 0. The monoisotopic (exact) mass is 462 g/mol. The van der Waals surface area contributed by atoms with Gasteiger partial charge in [-0.3, -0.25) is 9.89 Å². The van der Waals surface area contributed by atoms with Crippen molar-refractivity contribution in [3.63, 3.8) is 0 Å². The molecule has 1 aliphatic rings. The summed E-state index contributed by atoms with van der Waals surface area (Å²) < 4.78 is 10.6. The largest absolute Gasteiger partial charge is 0.493 e. The molecule has 2 N–H and O–H groups in total. The predicted octanol–water partition coefficient (Wildman–Crippen LogP) is 2.47. The summed E-state index contributed by atoms with van der Waals surface area (Å²) in [5, 5.41) is 6.73. The topological polar surface area (TPSA) is 58.1 Å². The molecule has 2 rings (SSSR count). The van der Waals surface area contributed by atoms with Gasteiger partial charge in [0.25, 0.3) is 0 Å². The molecule has 0 bridgehead atoms. The van der Waals surface area contributed by atoms with E-state index < -0.39 is 0 Å². The number of nitrogens with one attached hydrogen (secondary N) is 2. The standard InChI is InChI=1S/C18H30N4O2.HI/c1-13(22(3)15-7-8-15)11-20-18(19-2)21-12-14-6-9-16(23-4)17(10-14)24-5;/h6,9-10,13,15H,7-8,11-12H2,1-5H3,(H2,19,20,21);1H. The number of hydrogen-bond donors (Lipinski definition) is 2. The lowest BCUT2D eigenvalue weighted by Gasteiger charge is -2.25. The van der Waals surface area contributed by atoms with Gasteiger partial charge in [0.1, 0.15) is 0 Å². The summed E-state index contributed by atoms with van der Waals surface area (Å²) in [6, 6.07) is 7.16. The molecule has 1 aliphatic carbocycles. The highest BCUT2D eigenvalue weighted by molar-refractivity contribution is 14.0. The molecule has 1 unspecified atom stereocenters. The molecule has 1 aromatic carbocycles. The minimum atomic E-state index is 0. The number of halogens is 1. The quantitative estimate of drug-likeness (QED) is 0.353. The Kier molecular flexibility index (Phi) is 9.34. The number of aliphatic imine (C=N–C) groups is 1. The molecule has 0 heterocycles. The van der Waals surface area contributed by atoms with E-state index in [-0.39, 0.29) is 24.0 Å². The van der Waals surface area contributed by atoms with Crippen LogP contribution in [0.5, 0.6) is 11.5 Å². The van der Waals surface area contributed by atoms with Gasteiger partial charge in [0.15, 0.2) is 17.5 Å². The average molecular weight is 462 g/mol. The molecule has 1 saturated carbocycles. The van der Waals surface area contributed by atoms with E-state index in [4.69, 9.17) is 9.47 Å². The number of guanidine groups is 1. The Labute approximate surface area is 168 Å². The zero-order valence-corrected chi connectivity index (χ0v) is 18.2. The normalized spacial score (nSPS) is 15.4. The molecule has 1 fully saturated rings. The minimum absolute atomic E-state index is 0. The Morgan fingerprint density at radius 1 is 1.24 bits per heavy atom. The zero-order chi connectivity index (χ0) is 17.5. The molecule has 0 saturated heterocycles. The Balaban J connectivity index is 0.00000312. The van der Waals surface area contributed by atoms with Gasteiger partial charge in [-0.2, -0.15) is 0 Å². The second-order valence-corrected chi connectivity index (χ2v) is 6.24. The lowest BCUT2D eigenvalue weighted by molar-refractivity contribution is 0.247. The molecular formula is C18H31IN4O2. The van der Waals surface area contributed by atoms with Crippen molar-refractivity contribution in [3.8, 4) is 11.5 Å². The second-order valence-electron chi connectivity index (χ2n) is 6.24. The van der Waals surface area contributed by atoms with Crippen LogP contribution < -0.4 is 20.1 Å². The number of methoxy groups -OCH3 is 2. The van der Waals surface area contributed by atoms with E-state index in [1.165, 1.54) is 12.8 Å². The van der Waals surface area contributed by atoms with Crippen molar-refractivity contribution in [2.45, 2.75) is 38.4 Å². The summed E-state index contributed by atoms with van der Waals surface area (Å²) in [5.41, 5.74) is 1.11. The Morgan fingerprint density at radius 2 is 1.92 bits per heavy atom. The Bertz CT molecular complexity index is 564. The third-order valence-electron chi connectivity index (χ3n) is 4.51. The first-order chi connectivity index (χ1) is 11.6. The maximum absolute atomic E-state index is 5.34. The van der Waals surface area contributed by atoms with E-state index in [1.54, 1.807) is 21.3 Å². The van der Waals surface area contributed by atoms with Crippen LogP contribution in [0.1, 0.15) is 25.3 Å². The van der Waals surface area contributed by atoms with Crippen molar-refractivity contribution in [1.82, 2.24) is 15.5 Å². The van der Waals surface area contributed by atoms with Gasteiger partial charge in [-0.1, -0.05) is 6.07 Å². The van der Waals surface area contributed by atoms with Crippen molar-refractivity contribution in [2.24, 2.45) is 4.99 Å². The van der Waals surface area contributed by atoms with Crippen LogP contribution in [0, 0.1) is 0 Å².